The molecule has 0 radical (unpaired) electrons. The standard InChI is InChI=1S/C9H7N7S/c10-6-9(12-2-1-11-6)17-8-5-7(14-3-13-5)15-4-16-8/h1-4H,(H2,10,11)(H,13,14,15,16). The Morgan fingerprint density at radius 1 is 1.00 bits per heavy atom. The number of imidazole rings is 1. The van der Waals surface area contributed by atoms with Gasteiger partial charge in [0.25, 0.3) is 0 Å². The maximum Gasteiger partial charge on any atom is 0.181 e. The minimum atomic E-state index is 0.378. The van der Waals surface area contributed by atoms with E-state index in [1.807, 2.05) is 0 Å². The summed E-state index contributed by atoms with van der Waals surface area (Å²) in [6.07, 6.45) is 6.16. The van der Waals surface area contributed by atoms with Crippen LogP contribution in [-0.2, 0) is 0 Å². The molecule has 3 aromatic rings. The van der Waals surface area contributed by atoms with Crippen molar-refractivity contribution in [3.8, 4) is 0 Å². The Hall–Kier alpha value is -2.22. The van der Waals surface area contributed by atoms with Gasteiger partial charge in [0.1, 0.15) is 21.9 Å². The lowest BCUT2D eigenvalue weighted by Crippen LogP contribution is -1.95. The second kappa shape index (κ2) is 3.98. The molecule has 0 aromatic carbocycles. The molecule has 17 heavy (non-hydrogen) atoms. The molecule has 0 aliphatic rings. The highest BCUT2D eigenvalue weighted by Crippen LogP contribution is 2.30. The van der Waals surface area contributed by atoms with Crippen molar-refractivity contribution in [2.45, 2.75) is 10.1 Å². The van der Waals surface area contributed by atoms with E-state index in [2.05, 4.69) is 29.9 Å². The number of fused-ring (bicyclic) bond motifs is 1. The molecule has 0 spiro atoms. The summed E-state index contributed by atoms with van der Waals surface area (Å²) >= 11 is 1.33. The molecule has 0 fully saturated rings. The number of nitrogens with two attached hydrogens (primary N) is 1. The zero-order chi connectivity index (χ0) is 11.7. The van der Waals surface area contributed by atoms with E-state index >= 15 is 0 Å². The van der Waals surface area contributed by atoms with E-state index in [0.29, 0.717) is 16.5 Å². The molecule has 8 heteroatoms. The number of rotatable bonds is 2. The summed E-state index contributed by atoms with van der Waals surface area (Å²) in [5, 5.41) is 1.34. The van der Waals surface area contributed by atoms with Crippen molar-refractivity contribution in [2.24, 2.45) is 0 Å². The lowest BCUT2D eigenvalue weighted by atomic mass is 10.6. The van der Waals surface area contributed by atoms with E-state index in [0.717, 1.165) is 10.5 Å². The lowest BCUT2D eigenvalue weighted by molar-refractivity contribution is 1.05. The maximum absolute atomic E-state index is 5.72. The predicted octanol–water partition coefficient (Wildman–Crippen LogP) is 0.876. The number of nitrogens with zero attached hydrogens (tertiary/aromatic N) is 5. The molecule has 3 N–H and O–H groups in total. The molecule has 84 valence electrons. The van der Waals surface area contributed by atoms with Gasteiger partial charge >= 0.3 is 0 Å². The van der Waals surface area contributed by atoms with Gasteiger partial charge in [-0.15, -0.1) is 0 Å². The molecule has 3 rings (SSSR count). The fraction of sp³-hybridized carbons (Fsp3) is 0. The number of aromatic nitrogens is 6. The number of hydrogen-bond acceptors (Lipinski definition) is 7. The minimum absolute atomic E-state index is 0.378. The molecule has 0 atom stereocenters. The van der Waals surface area contributed by atoms with Crippen LogP contribution in [0.2, 0.25) is 0 Å². The van der Waals surface area contributed by atoms with Gasteiger partial charge in [-0.3, -0.25) is 0 Å². The van der Waals surface area contributed by atoms with Crippen LogP contribution < -0.4 is 5.73 Å². The molecule has 0 saturated carbocycles. The molecular weight excluding hydrogens is 238 g/mol. The Morgan fingerprint density at radius 3 is 2.76 bits per heavy atom. The monoisotopic (exact) mass is 245 g/mol. The Kier molecular flexibility index (Phi) is 2.33. The second-order valence-electron chi connectivity index (χ2n) is 3.13. The fourth-order valence-corrected chi connectivity index (χ4v) is 2.13. The zero-order valence-corrected chi connectivity index (χ0v) is 9.35. The van der Waals surface area contributed by atoms with Crippen LogP contribution in [0, 0.1) is 0 Å². The molecule has 0 aliphatic heterocycles. The third-order valence-corrected chi connectivity index (χ3v) is 3.08. The Bertz CT molecular complexity index is 665. The highest BCUT2D eigenvalue weighted by Gasteiger charge is 2.10. The van der Waals surface area contributed by atoms with Gasteiger partial charge in [-0.2, -0.15) is 0 Å². The van der Waals surface area contributed by atoms with Gasteiger partial charge in [0.05, 0.1) is 6.33 Å². The molecule has 0 bridgehead atoms. The molecule has 3 aromatic heterocycles. The first-order chi connectivity index (χ1) is 8.34. The topological polar surface area (TPSA) is 106 Å². The Morgan fingerprint density at radius 2 is 1.88 bits per heavy atom. The molecule has 0 aliphatic carbocycles. The summed E-state index contributed by atoms with van der Waals surface area (Å²) in [7, 11) is 0. The third kappa shape index (κ3) is 1.78. The third-order valence-electron chi connectivity index (χ3n) is 2.07. The Balaban J connectivity index is 2.06. The molecule has 7 nitrogen and oxygen atoms in total. The van der Waals surface area contributed by atoms with Crippen LogP contribution in [0.25, 0.3) is 11.2 Å². The number of aromatic amines is 1. The van der Waals surface area contributed by atoms with Crippen LogP contribution in [0.5, 0.6) is 0 Å². The summed E-state index contributed by atoms with van der Waals surface area (Å²) in [6.45, 7) is 0. The van der Waals surface area contributed by atoms with Gasteiger partial charge in [0.2, 0.25) is 0 Å². The minimum Gasteiger partial charge on any atom is -0.381 e. The first-order valence-corrected chi connectivity index (χ1v) is 5.54. The van der Waals surface area contributed by atoms with Crippen LogP contribution in [0.1, 0.15) is 0 Å². The van der Waals surface area contributed by atoms with Crippen LogP contribution in [-0.4, -0.2) is 29.9 Å². The average molecular weight is 245 g/mol. The quantitative estimate of drug-likeness (QED) is 0.645. The van der Waals surface area contributed by atoms with Gasteiger partial charge in [-0.05, 0) is 11.8 Å². The smallest absolute Gasteiger partial charge is 0.181 e. The van der Waals surface area contributed by atoms with Gasteiger partial charge in [-0.25, -0.2) is 24.9 Å². The van der Waals surface area contributed by atoms with E-state index in [4.69, 9.17) is 5.73 Å². The van der Waals surface area contributed by atoms with Crippen LogP contribution in [0.15, 0.2) is 35.1 Å². The van der Waals surface area contributed by atoms with E-state index in [9.17, 15) is 0 Å². The molecule has 0 unspecified atom stereocenters. The summed E-state index contributed by atoms with van der Waals surface area (Å²) in [5.41, 5.74) is 7.11. The van der Waals surface area contributed by atoms with Crippen LogP contribution >= 0.6 is 11.8 Å². The van der Waals surface area contributed by atoms with Crippen molar-refractivity contribution >= 4 is 28.7 Å². The SMILES string of the molecule is Nc1nccnc1Sc1ncnc2nc[nH]c12. The number of H-pyrrole nitrogens is 1. The molecule has 0 amide bonds. The lowest BCUT2D eigenvalue weighted by Gasteiger charge is -2.02. The van der Waals surface area contributed by atoms with Gasteiger partial charge in [0.15, 0.2) is 11.5 Å². The highest BCUT2D eigenvalue weighted by molar-refractivity contribution is 7.99. The summed E-state index contributed by atoms with van der Waals surface area (Å²) in [4.78, 5) is 23.4. The normalized spacial score (nSPS) is 10.8. The summed E-state index contributed by atoms with van der Waals surface area (Å²) < 4.78 is 0. The van der Waals surface area contributed by atoms with E-state index < -0.39 is 0 Å². The van der Waals surface area contributed by atoms with Crippen LogP contribution in [0.3, 0.4) is 0 Å². The van der Waals surface area contributed by atoms with Crippen molar-refractivity contribution in [1.82, 2.24) is 29.9 Å². The first-order valence-electron chi connectivity index (χ1n) is 4.73. The van der Waals surface area contributed by atoms with E-state index in [1.54, 1.807) is 18.7 Å². The van der Waals surface area contributed by atoms with E-state index in [1.165, 1.54) is 18.1 Å². The van der Waals surface area contributed by atoms with Gasteiger partial charge in [0, 0.05) is 12.4 Å². The molecular formula is C9H7N7S. The van der Waals surface area contributed by atoms with Crippen molar-refractivity contribution < 1.29 is 0 Å². The highest BCUT2D eigenvalue weighted by atomic mass is 32.2. The summed E-state index contributed by atoms with van der Waals surface area (Å²) in [6, 6.07) is 0. The first kappa shape index (κ1) is 9.97. The number of nitrogen functional groups attached to an aromatic ring is 1. The van der Waals surface area contributed by atoms with Gasteiger partial charge < -0.3 is 10.7 Å². The molecule has 3 heterocycles. The summed E-state index contributed by atoms with van der Waals surface area (Å²) in [5.74, 6) is 0.378. The fourth-order valence-electron chi connectivity index (χ4n) is 1.33. The zero-order valence-electron chi connectivity index (χ0n) is 8.53. The van der Waals surface area contributed by atoms with Crippen molar-refractivity contribution in [1.29, 1.82) is 0 Å². The van der Waals surface area contributed by atoms with Crippen molar-refractivity contribution in [3.63, 3.8) is 0 Å². The Labute approximate surface area is 99.9 Å². The largest absolute Gasteiger partial charge is 0.381 e. The average Bonchev–Trinajstić information content (AvgIpc) is 2.81. The number of nitrogens with one attached hydrogen (secondary N) is 1. The predicted molar refractivity (Wildman–Crippen MR) is 62.3 cm³/mol. The van der Waals surface area contributed by atoms with E-state index in [-0.39, 0.29) is 0 Å². The van der Waals surface area contributed by atoms with Gasteiger partial charge in [-0.1, -0.05) is 0 Å². The number of hydrogen-bond donors (Lipinski definition) is 2. The van der Waals surface area contributed by atoms with Crippen LogP contribution in [0.4, 0.5) is 5.82 Å². The second-order valence-corrected chi connectivity index (χ2v) is 4.11. The number of anilines is 1. The van der Waals surface area contributed by atoms with Crippen molar-refractivity contribution in [3.05, 3.63) is 25.0 Å². The van der Waals surface area contributed by atoms with Crippen molar-refractivity contribution in [2.75, 3.05) is 5.73 Å². The molecule has 0 saturated heterocycles. The maximum atomic E-state index is 5.72.